The minimum atomic E-state index is -0.891. The molecule has 3 heteroatoms. The van der Waals surface area contributed by atoms with Gasteiger partial charge in [-0.05, 0) is 13.8 Å². The molecule has 0 saturated carbocycles. The van der Waals surface area contributed by atoms with Crippen molar-refractivity contribution in [2.24, 2.45) is 5.92 Å². The number of ether oxygens (including phenoxy) is 1. The van der Waals surface area contributed by atoms with E-state index in [2.05, 4.69) is 6.58 Å². The minimum absolute atomic E-state index is 0.0493. The van der Waals surface area contributed by atoms with Crippen LogP contribution in [-0.4, -0.2) is 17.2 Å². The molecule has 13 heavy (non-hydrogen) atoms. The van der Waals surface area contributed by atoms with E-state index in [1.54, 1.807) is 13.0 Å². The molecule has 0 rings (SSSR count). The van der Waals surface area contributed by atoms with E-state index in [1.807, 2.05) is 13.8 Å². The van der Waals surface area contributed by atoms with Crippen LogP contribution in [0.3, 0.4) is 0 Å². The van der Waals surface area contributed by atoms with Gasteiger partial charge in [-0.15, -0.1) is 0 Å². The summed E-state index contributed by atoms with van der Waals surface area (Å²) in [4.78, 5) is 10.5. The first-order chi connectivity index (χ1) is 5.99. The van der Waals surface area contributed by atoms with Crippen LogP contribution in [0.15, 0.2) is 24.5 Å². The lowest BCUT2D eigenvalue weighted by Crippen LogP contribution is -2.14. The second kappa shape index (κ2) is 5.41. The summed E-state index contributed by atoms with van der Waals surface area (Å²) in [5.74, 6) is -0.827. The van der Waals surface area contributed by atoms with Gasteiger partial charge in [0.15, 0.2) is 0 Å². The van der Waals surface area contributed by atoms with Gasteiger partial charge in [-0.1, -0.05) is 19.6 Å². The van der Waals surface area contributed by atoms with Gasteiger partial charge in [-0.3, -0.25) is 0 Å². The molecule has 0 fully saturated rings. The fourth-order valence-corrected chi connectivity index (χ4v) is 0.877. The van der Waals surface area contributed by atoms with Crippen LogP contribution in [0.25, 0.3) is 0 Å². The minimum Gasteiger partial charge on any atom is -0.498 e. The van der Waals surface area contributed by atoms with E-state index in [1.165, 1.54) is 6.26 Å². The third-order valence-corrected chi connectivity index (χ3v) is 1.90. The number of hydrogen-bond donors (Lipinski definition) is 1. The molecule has 3 nitrogen and oxygen atoms in total. The first-order valence-electron chi connectivity index (χ1n) is 4.17. The Labute approximate surface area is 78.7 Å². The lowest BCUT2D eigenvalue weighted by molar-refractivity contribution is -0.132. The summed E-state index contributed by atoms with van der Waals surface area (Å²) in [5.41, 5.74) is 0.340. The van der Waals surface area contributed by atoms with E-state index in [-0.39, 0.29) is 12.0 Å². The zero-order chi connectivity index (χ0) is 10.4. The highest BCUT2D eigenvalue weighted by atomic mass is 16.5. The molecule has 0 spiro atoms. The Bertz CT molecular complexity index is 218. The van der Waals surface area contributed by atoms with Gasteiger partial charge in [0, 0.05) is 11.5 Å². The van der Waals surface area contributed by atoms with Crippen molar-refractivity contribution >= 4 is 5.97 Å². The molecule has 2 unspecified atom stereocenters. The molecule has 0 aromatic carbocycles. The van der Waals surface area contributed by atoms with Gasteiger partial charge in [0.1, 0.15) is 6.10 Å². The van der Waals surface area contributed by atoms with Gasteiger partial charge < -0.3 is 9.84 Å². The second-order valence-corrected chi connectivity index (χ2v) is 3.02. The maximum atomic E-state index is 10.5. The van der Waals surface area contributed by atoms with Gasteiger partial charge in [-0.2, -0.15) is 0 Å². The largest absolute Gasteiger partial charge is 0.498 e. The van der Waals surface area contributed by atoms with Crippen molar-refractivity contribution in [3.8, 4) is 0 Å². The number of hydrogen-bond acceptors (Lipinski definition) is 2. The average molecular weight is 184 g/mol. The summed E-state index contributed by atoms with van der Waals surface area (Å²) in [6.07, 6.45) is 2.99. The predicted octanol–water partition coefficient (Wildman–Crippen LogP) is 2.20. The van der Waals surface area contributed by atoms with Crippen molar-refractivity contribution < 1.29 is 14.6 Å². The normalized spacial score (nSPS) is 16.1. The quantitative estimate of drug-likeness (QED) is 0.526. The topological polar surface area (TPSA) is 46.5 Å². The Morgan fingerprint density at radius 2 is 2.08 bits per heavy atom. The Morgan fingerprint density at radius 3 is 2.46 bits per heavy atom. The molecular formula is C10H16O3. The van der Waals surface area contributed by atoms with Crippen molar-refractivity contribution in [1.82, 2.24) is 0 Å². The molecule has 0 bridgehead atoms. The monoisotopic (exact) mass is 184 g/mol. The molecular weight excluding hydrogens is 168 g/mol. The second-order valence-electron chi connectivity index (χ2n) is 3.02. The maximum Gasteiger partial charge on any atom is 0.330 e. The molecule has 2 atom stereocenters. The summed E-state index contributed by atoms with van der Waals surface area (Å²) in [6, 6.07) is 0. The molecule has 0 radical (unpaired) electrons. The maximum absolute atomic E-state index is 10.5. The summed E-state index contributed by atoms with van der Waals surface area (Å²) in [6.45, 7) is 8.78. The van der Waals surface area contributed by atoms with Crippen molar-refractivity contribution in [1.29, 1.82) is 0 Å². The molecule has 0 saturated heterocycles. The van der Waals surface area contributed by atoms with Crippen LogP contribution in [0.2, 0.25) is 0 Å². The Kier molecular flexibility index (Phi) is 4.89. The zero-order valence-corrected chi connectivity index (χ0v) is 8.28. The highest BCUT2D eigenvalue weighted by Crippen LogP contribution is 2.11. The van der Waals surface area contributed by atoms with Crippen molar-refractivity contribution in [2.75, 3.05) is 0 Å². The van der Waals surface area contributed by atoms with Crippen LogP contribution in [0.5, 0.6) is 0 Å². The number of carboxylic acids is 1. The highest BCUT2D eigenvalue weighted by molar-refractivity contribution is 5.85. The SMILES string of the molecule is C=COC(C)C(C)C=C(C)C(=O)O. The fourth-order valence-electron chi connectivity index (χ4n) is 0.877. The number of aliphatic carboxylic acids is 1. The van der Waals surface area contributed by atoms with Gasteiger partial charge in [0.05, 0.1) is 6.26 Å². The van der Waals surface area contributed by atoms with E-state index < -0.39 is 5.97 Å². The number of rotatable bonds is 5. The summed E-state index contributed by atoms with van der Waals surface area (Å²) in [7, 11) is 0. The Morgan fingerprint density at radius 1 is 1.54 bits per heavy atom. The zero-order valence-electron chi connectivity index (χ0n) is 8.28. The van der Waals surface area contributed by atoms with Gasteiger partial charge >= 0.3 is 5.97 Å². The van der Waals surface area contributed by atoms with Crippen LogP contribution in [0.4, 0.5) is 0 Å². The lowest BCUT2D eigenvalue weighted by Gasteiger charge is -2.16. The molecule has 0 aromatic heterocycles. The lowest BCUT2D eigenvalue weighted by atomic mass is 10.0. The molecule has 0 amide bonds. The van der Waals surface area contributed by atoms with Crippen molar-refractivity contribution in [2.45, 2.75) is 26.9 Å². The van der Waals surface area contributed by atoms with Crippen LogP contribution in [0.1, 0.15) is 20.8 Å². The molecule has 0 aliphatic rings. The molecule has 0 aliphatic carbocycles. The van der Waals surface area contributed by atoms with E-state index >= 15 is 0 Å². The van der Waals surface area contributed by atoms with E-state index in [9.17, 15) is 4.79 Å². The van der Waals surface area contributed by atoms with Crippen LogP contribution < -0.4 is 0 Å². The van der Waals surface area contributed by atoms with Gasteiger partial charge in [0.2, 0.25) is 0 Å². The van der Waals surface area contributed by atoms with Gasteiger partial charge in [0.25, 0.3) is 0 Å². The Balaban J connectivity index is 4.26. The van der Waals surface area contributed by atoms with E-state index in [0.717, 1.165) is 0 Å². The third-order valence-electron chi connectivity index (χ3n) is 1.90. The van der Waals surface area contributed by atoms with Gasteiger partial charge in [-0.25, -0.2) is 4.79 Å². The fraction of sp³-hybridized carbons (Fsp3) is 0.500. The van der Waals surface area contributed by atoms with E-state index in [4.69, 9.17) is 9.84 Å². The van der Waals surface area contributed by atoms with Crippen LogP contribution in [-0.2, 0) is 9.53 Å². The predicted molar refractivity (Wildman–Crippen MR) is 51.3 cm³/mol. The third kappa shape index (κ3) is 4.35. The van der Waals surface area contributed by atoms with Crippen molar-refractivity contribution in [3.63, 3.8) is 0 Å². The molecule has 1 N–H and O–H groups in total. The smallest absolute Gasteiger partial charge is 0.330 e. The standard InChI is InChI=1S/C10H16O3/c1-5-13-9(4)7(2)6-8(3)10(11)12/h5-7,9H,1H2,2-4H3,(H,11,12). The summed E-state index contributed by atoms with van der Waals surface area (Å²) >= 11 is 0. The first-order valence-corrected chi connectivity index (χ1v) is 4.17. The van der Waals surface area contributed by atoms with Crippen molar-refractivity contribution in [3.05, 3.63) is 24.5 Å². The molecule has 0 aliphatic heterocycles. The Hall–Kier alpha value is -1.25. The number of carbonyl (C=O) groups is 1. The average Bonchev–Trinajstić information content (AvgIpc) is 2.04. The summed E-state index contributed by atoms with van der Waals surface area (Å²) < 4.78 is 5.11. The molecule has 0 aromatic rings. The highest BCUT2D eigenvalue weighted by Gasteiger charge is 2.11. The summed E-state index contributed by atoms with van der Waals surface area (Å²) in [5, 5.41) is 8.61. The van der Waals surface area contributed by atoms with Crippen LogP contribution >= 0.6 is 0 Å². The molecule has 0 heterocycles. The first kappa shape index (κ1) is 11.8. The van der Waals surface area contributed by atoms with Crippen LogP contribution in [0, 0.1) is 5.92 Å². The van der Waals surface area contributed by atoms with E-state index in [0.29, 0.717) is 5.57 Å². The number of carboxylic acid groups (broad SMARTS) is 1. The molecule has 74 valence electrons.